The van der Waals surface area contributed by atoms with Crippen LogP contribution >= 0.6 is 0 Å². The van der Waals surface area contributed by atoms with Gasteiger partial charge in [-0.3, -0.25) is 0 Å². The summed E-state index contributed by atoms with van der Waals surface area (Å²) in [6, 6.07) is 0. The summed E-state index contributed by atoms with van der Waals surface area (Å²) in [5, 5.41) is 8.34. The second-order valence-corrected chi connectivity index (χ2v) is 3.41. The Labute approximate surface area is 53.1 Å². The van der Waals surface area contributed by atoms with Crippen LogP contribution in [0, 0.1) is 0 Å². The van der Waals surface area contributed by atoms with E-state index in [1.54, 1.807) is 12.3 Å². The van der Waals surface area contributed by atoms with E-state index >= 15 is 0 Å². The van der Waals surface area contributed by atoms with Crippen LogP contribution in [0.4, 0.5) is 0 Å². The van der Waals surface area contributed by atoms with E-state index < -0.39 is 5.97 Å². The van der Waals surface area contributed by atoms with Gasteiger partial charge in [-0.15, -0.1) is 0 Å². The van der Waals surface area contributed by atoms with Crippen molar-refractivity contribution in [1.82, 2.24) is 4.33 Å². The van der Waals surface area contributed by atoms with Gasteiger partial charge in [0, 0.05) is 0 Å². The van der Waals surface area contributed by atoms with Crippen molar-refractivity contribution in [3.63, 3.8) is 0 Å². The zero-order valence-electron chi connectivity index (χ0n) is 4.00. The minimum absolute atomic E-state index is 0.0475. The Morgan fingerprint density at radius 2 is 2.62 bits per heavy atom. The van der Waals surface area contributed by atoms with Gasteiger partial charge < -0.3 is 0 Å². The van der Waals surface area contributed by atoms with E-state index in [4.69, 9.17) is 5.11 Å². The quantitative estimate of drug-likeness (QED) is 0.537. The van der Waals surface area contributed by atoms with Crippen molar-refractivity contribution >= 4 is 21.1 Å². The van der Waals surface area contributed by atoms with Gasteiger partial charge in [0.05, 0.1) is 0 Å². The van der Waals surface area contributed by atoms with Gasteiger partial charge in [0.2, 0.25) is 0 Å². The van der Waals surface area contributed by atoms with Crippen LogP contribution in [0.1, 0.15) is 0 Å². The molecule has 0 fully saturated rings. The Hall–Kier alpha value is -0.471. The summed E-state index contributed by atoms with van der Waals surface area (Å²) in [6.07, 6.45) is 3.36. The summed E-state index contributed by atoms with van der Waals surface area (Å²) < 4.78 is 2.85. The van der Waals surface area contributed by atoms with Gasteiger partial charge in [-0.2, -0.15) is 0 Å². The molecule has 0 aromatic heterocycles. The maximum absolute atomic E-state index is 10.1. The van der Waals surface area contributed by atoms with E-state index in [2.05, 4.69) is 4.33 Å². The van der Waals surface area contributed by atoms with Crippen LogP contribution in [0.5, 0.6) is 0 Å². The molecule has 0 aliphatic carbocycles. The monoisotopic (exact) mass is 179 g/mol. The van der Waals surface area contributed by atoms with Gasteiger partial charge in [0.15, 0.2) is 0 Å². The Morgan fingerprint density at radius 3 is 2.88 bits per heavy atom. The molecule has 4 heteroatoms. The molecule has 0 amide bonds. The molecule has 1 aliphatic rings. The first-order valence-electron chi connectivity index (χ1n) is 2.11. The molecule has 44 valence electrons. The summed E-state index contributed by atoms with van der Waals surface area (Å²) >= 11 is 0.0475. The molecule has 0 spiro atoms. The van der Waals surface area contributed by atoms with Crippen molar-refractivity contribution < 1.29 is 9.90 Å². The van der Waals surface area contributed by atoms with Gasteiger partial charge in [0.25, 0.3) is 0 Å². The summed E-state index contributed by atoms with van der Waals surface area (Å²) in [7, 11) is 0. The molecule has 0 bridgehead atoms. The molecule has 3 nitrogen and oxygen atoms in total. The molecule has 0 saturated carbocycles. The van der Waals surface area contributed by atoms with E-state index in [9.17, 15) is 4.79 Å². The van der Waals surface area contributed by atoms with Crippen molar-refractivity contribution in [3.05, 3.63) is 12.3 Å². The standard InChI is InChI=1S/C4H5NO2Se/c6-4(7)3-1-2-5-8-3/h1-3,5H,(H,6,7). The number of hydrogen-bond donors (Lipinski definition) is 2. The number of nitrogens with one attached hydrogen (secondary N) is 1. The second kappa shape index (κ2) is 2.20. The second-order valence-electron chi connectivity index (χ2n) is 1.35. The molecule has 0 saturated heterocycles. The van der Waals surface area contributed by atoms with E-state index in [-0.39, 0.29) is 20.0 Å². The Morgan fingerprint density at radius 1 is 1.88 bits per heavy atom. The molecule has 8 heavy (non-hydrogen) atoms. The first-order chi connectivity index (χ1) is 3.80. The Bertz CT molecular complexity index is 134. The number of carboxylic acids is 1. The van der Waals surface area contributed by atoms with E-state index in [0.717, 1.165) is 0 Å². The average molecular weight is 178 g/mol. The number of aliphatic carboxylic acids is 1. The van der Waals surface area contributed by atoms with Crippen molar-refractivity contribution in [1.29, 1.82) is 0 Å². The molecule has 1 aliphatic heterocycles. The fraction of sp³-hybridized carbons (Fsp3) is 0.250. The third-order valence-electron chi connectivity index (χ3n) is 0.777. The van der Waals surface area contributed by atoms with Crippen molar-refractivity contribution in [2.24, 2.45) is 0 Å². The van der Waals surface area contributed by atoms with Crippen LogP contribution in [0.25, 0.3) is 0 Å². The first kappa shape index (κ1) is 5.66. The molecular formula is C4H5NO2Se. The maximum atomic E-state index is 10.1. The number of hydrogen-bond acceptors (Lipinski definition) is 2. The molecule has 1 unspecified atom stereocenters. The topological polar surface area (TPSA) is 49.3 Å². The van der Waals surface area contributed by atoms with Crippen molar-refractivity contribution in [2.75, 3.05) is 0 Å². The molecule has 0 radical (unpaired) electrons. The predicted molar refractivity (Wildman–Crippen MR) is 29.4 cm³/mol. The third kappa shape index (κ3) is 1.02. The molecule has 0 aromatic carbocycles. The third-order valence-corrected chi connectivity index (χ3v) is 2.63. The average Bonchev–Trinajstić information content (AvgIpc) is 2.12. The molecule has 1 atom stereocenters. The summed E-state index contributed by atoms with van der Waals surface area (Å²) in [5.74, 6) is -0.730. The number of carbonyl (C=O) groups is 1. The first-order valence-corrected chi connectivity index (χ1v) is 3.96. The van der Waals surface area contributed by atoms with Crippen LogP contribution in [-0.4, -0.2) is 26.3 Å². The van der Waals surface area contributed by atoms with Crippen LogP contribution in [-0.2, 0) is 4.79 Å². The summed E-state index contributed by atoms with van der Waals surface area (Å²) in [6.45, 7) is 0. The fourth-order valence-electron chi connectivity index (χ4n) is 0.411. The van der Waals surface area contributed by atoms with Crippen LogP contribution in [0.3, 0.4) is 0 Å². The summed E-state index contributed by atoms with van der Waals surface area (Å²) in [5.41, 5.74) is 0. The molecule has 2 N–H and O–H groups in total. The number of rotatable bonds is 1. The Kier molecular flexibility index (Phi) is 1.56. The normalized spacial score (nSPS) is 25.2. The SMILES string of the molecule is O=C(O)C1C=CN[Se]1. The molecule has 1 rings (SSSR count). The van der Waals surface area contributed by atoms with Crippen molar-refractivity contribution in [3.8, 4) is 0 Å². The van der Waals surface area contributed by atoms with Gasteiger partial charge in [0.1, 0.15) is 0 Å². The molecular weight excluding hydrogens is 173 g/mol. The van der Waals surface area contributed by atoms with Crippen LogP contribution < -0.4 is 4.33 Å². The van der Waals surface area contributed by atoms with E-state index in [0.29, 0.717) is 0 Å². The molecule has 0 aromatic rings. The number of carboxylic acid groups (broad SMARTS) is 1. The molecule has 1 heterocycles. The zero-order chi connectivity index (χ0) is 5.98. The van der Waals surface area contributed by atoms with Crippen molar-refractivity contribution in [2.45, 2.75) is 4.82 Å². The van der Waals surface area contributed by atoms with Crippen LogP contribution in [0.15, 0.2) is 12.3 Å². The Balaban J connectivity index is 2.48. The minimum atomic E-state index is -0.730. The zero-order valence-corrected chi connectivity index (χ0v) is 5.71. The summed E-state index contributed by atoms with van der Waals surface area (Å²) in [4.78, 5) is 9.88. The van der Waals surface area contributed by atoms with Gasteiger partial charge in [-0.25, -0.2) is 0 Å². The fourth-order valence-corrected chi connectivity index (χ4v) is 1.59. The van der Waals surface area contributed by atoms with Gasteiger partial charge in [-0.05, 0) is 0 Å². The van der Waals surface area contributed by atoms with Gasteiger partial charge >= 0.3 is 52.5 Å². The van der Waals surface area contributed by atoms with Gasteiger partial charge in [-0.1, -0.05) is 0 Å². The predicted octanol–water partition coefficient (Wildman–Crippen LogP) is -0.404. The van der Waals surface area contributed by atoms with E-state index in [1.807, 2.05) is 0 Å². The van der Waals surface area contributed by atoms with E-state index in [1.165, 1.54) is 0 Å². The van der Waals surface area contributed by atoms with Crippen LogP contribution in [0.2, 0.25) is 4.82 Å².